The maximum atomic E-state index is 4.72. The molecule has 0 unspecified atom stereocenters. The molecule has 1 aliphatic heterocycles. The summed E-state index contributed by atoms with van der Waals surface area (Å²) >= 11 is 0.193. The molecule has 91 valence electrons. The minimum atomic E-state index is 0.193. The fourth-order valence-corrected chi connectivity index (χ4v) is 4.32. The van der Waals surface area contributed by atoms with E-state index < -0.39 is 0 Å². The van der Waals surface area contributed by atoms with Crippen LogP contribution in [0.1, 0.15) is 12.8 Å². The van der Waals surface area contributed by atoms with Gasteiger partial charge in [0.2, 0.25) is 0 Å². The van der Waals surface area contributed by atoms with Crippen LogP contribution in [-0.4, -0.2) is 51.9 Å². The van der Waals surface area contributed by atoms with Gasteiger partial charge in [0.25, 0.3) is 0 Å². The van der Waals surface area contributed by atoms with Gasteiger partial charge in [0.1, 0.15) is 0 Å². The SMILES string of the molecule is c1cc(N2CCNCC2)nc([As]CC2CC2)n1. The predicted molar refractivity (Wildman–Crippen MR) is 70.0 cm³/mol. The second-order valence-corrected chi connectivity index (χ2v) is 7.00. The summed E-state index contributed by atoms with van der Waals surface area (Å²) in [5.74, 6) is 2.13. The first kappa shape index (κ1) is 11.5. The van der Waals surface area contributed by atoms with Crippen molar-refractivity contribution in [3.63, 3.8) is 0 Å². The van der Waals surface area contributed by atoms with Crippen LogP contribution in [0.4, 0.5) is 5.82 Å². The van der Waals surface area contributed by atoms with E-state index in [2.05, 4.69) is 15.2 Å². The number of anilines is 1. The Kier molecular flexibility index (Phi) is 3.62. The molecule has 4 nitrogen and oxygen atoms in total. The van der Waals surface area contributed by atoms with Crippen molar-refractivity contribution in [1.82, 2.24) is 15.3 Å². The van der Waals surface area contributed by atoms with Crippen molar-refractivity contribution in [2.24, 2.45) is 5.92 Å². The first-order valence-corrected chi connectivity index (χ1v) is 8.64. The van der Waals surface area contributed by atoms with Crippen molar-refractivity contribution >= 4 is 26.2 Å². The molecular formula is C12H18AsN4. The van der Waals surface area contributed by atoms with Gasteiger partial charge in [-0.3, -0.25) is 0 Å². The van der Waals surface area contributed by atoms with Gasteiger partial charge in [-0.05, 0) is 0 Å². The van der Waals surface area contributed by atoms with Crippen molar-refractivity contribution in [1.29, 1.82) is 0 Å². The summed E-state index contributed by atoms with van der Waals surface area (Å²) in [5, 5.41) is 4.73. The number of aromatic nitrogens is 2. The molecule has 0 spiro atoms. The number of hydrogen-bond donors (Lipinski definition) is 1. The second kappa shape index (κ2) is 5.36. The van der Waals surface area contributed by atoms with Crippen LogP contribution in [0.25, 0.3) is 0 Å². The second-order valence-electron chi connectivity index (χ2n) is 4.74. The zero-order valence-corrected chi connectivity index (χ0v) is 11.8. The Balaban J connectivity index is 1.64. The molecule has 17 heavy (non-hydrogen) atoms. The Labute approximate surface area is 109 Å². The Morgan fingerprint density at radius 1 is 1.35 bits per heavy atom. The summed E-state index contributed by atoms with van der Waals surface area (Å²) < 4.78 is 1.11. The van der Waals surface area contributed by atoms with Crippen LogP contribution >= 0.6 is 0 Å². The van der Waals surface area contributed by atoms with Gasteiger partial charge >= 0.3 is 109 Å². The third-order valence-electron chi connectivity index (χ3n) is 3.26. The Bertz CT molecular complexity index is 375. The average Bonchev–Trinajstić information content (AvgIpc) is 3.22. The number of nitrogens with zero attached hydrogens (tertiary/aromatic N) is 3. The number of hydrogen-bond acceptors (Lipinski definition) is 4. The summed E-state index contributed by atoms with van der Waals surface area (Å²) in [6.07, 6.45) is 4.81. The third-order valence-corrected chi connectivity index (χ3v) is 5.77. The van der Waals surface area contributed by atoms with Crippen LogP contribution in [0.5, 0.6) is 0 Å². The van der Waals surface area contributed by atoms with Crippen molar-refractivity contribution in [3.05, 3.63) is 12.3 Å². The fourth-order valence-electron chi connectivity index (χ4n) is 2.00. The van der Waals surface area contributed by atoms with Gasteiger partial charge in [-0.1, -0.05) is 0 Å². The molecule has 1 radical (unpaired) electrons. The minimum absolute atomic E-state index is 0.193. The Morgan fingerprint density at radius 2 is 2.18 bits per heavy atom. The van der Waals surface area contributed by atoms with E-state index in [0.29, 0.717) is 0 Å². The molecule has 0 atom stereocenters. The Morgan fingerprint density at radius 3 is 2.94 bits per heavy atom. The molecule has 2 fully saturated rings. The van der Waals surface area contributed by atoms with Crippen LogP contribution in [0.2, 0.25) is 5.21 Å². The van der Waals surface area contributed by atoms with Gasteiger partial charge in [0.15, 0.2) is 0 Å². The van der Waals surface area contributed by atoms with Crippen LogP contribution in [0.3, 0.4) is 0 Å². The van der Waals surface area contributed by atoms with E-state index in [-0.39, 0.29) is 15.8 Å². The van der Waals surface area contributed by atoms with Gasteiger partial charge in [-0.2, -0.15) is 0 Å². The van der Waals surface area contributed by atoms with E-state index in [0.717, 1.165) is 42.5 Å². The number of rotatable bonds is 4. The zero-order chi connectivity index (χ0) is 11.5. The molecule has 1 aliphatic carbocycles. The molecule has 3 rings (SSSR count). The van der Waals surface area contributed by atoms with Gasteiger partial charge in [0, 0.05) is 0 Å². The van der Waals surface area contributed by atoms with E-state index >= 15 is 0 Å². The normalized spacial score (nSPS) is 21.3. The molecule has 1 aromatic rings. The van der Waals surface area contributed by atoms with Gasteiger partial charge < -0.3 is 0 Å². The van der Waals surface area contributed by atoms with Crippen LogP contribution in [-0.2, 0) is 0 Å². The van der Waals surface area contributed by atoms with Gasteiger partial charge in [-0.25, -0.2) is 0 Å². The quantitative estimate of drug-likeness (QED) is 0.796. The molecule has 1 saturated carbocycles. The number of nitrogens with one attached hydrogen (secondary N) is 1. The molecular weight excluding hydrogens is 275 g/mol. The van der Waals surface area contributed by atoms with Crippen LogP contribution in [0, 0.1) is 5.92 Å². The molecule has 1 saturated heterocycles. The molecule has 2 heterocycles. The summed E-state index contributed by atoms with van der Waals surface area (Å²) in [6.45, 7) is 4.26. The van der Waals surface area contributed by atoms with Crippen molar-refractivity contribution in [2.75, 3.05) is 31.1 Å². The molecule has 1 aromatic heterocycles. The molecule has 0 bridgehead atoms. The van der Waals surface area contributed by atoms with Crippen LogP contribution < -0.4 is 14.8 Å². The molecule has 1 N–H and O–H groups in total. The van der Waals surface area contributed by atoms with E-state index in [4.69, 9.17) is 4.98 Å². The van der Waals surface area contributed by atoms with Gasteiger partial charge in [-0.15, -0.1) is 0 Å². The summed E-state index contributed by atoms with van der Waals surface area (Å²) in [5.41, 5.74) is 0. The molecule has 0 amide bonds. The molecule has 2 aliphatic rings. The summed E-state index contributed by atoms with van der Waals surface area (Å²) in [7, 11) is 0. The maximum absolute atomic E-state index is 4.72. The fraction of sp³-hybridized carbons (Fsp3) is 0.667. The van der Waals surface area contributed by atoms with Crippen molar-refractivity contribution < 1.29 is 0 Å². The van der Waals surface area contributed by atoms with Crippen LogP contribution in [0.15, 0.2) is 12.3 Å². The monoisotopic (exact) mass is 293 g/mol. The topological polar surface area (TPSA) is 41.0 Å². The Hall–Kier alpha value is -0.602. The average molecular weight is 293 g/mol. The number of piperazine rings is 1. The standard InChI is InChI=1S/C12H18AsN4/c1-2-10(1)9-13-12-15-4-3-11(16-12)17-7-5-14-6-8-17/h3-4,10,14H,1-2,5-9H2. The predicted octanol–water partition coefficient (Wildman–Crippen LogP) is 0.0440. The molecule has 5 heteroatoms. The van der Waals surface area contributed by atoms with E-state index in [9.17, 15) is 0 Å². The van der Waals surface area contributed by atoms with E-state index in [1.807, 2.05) is 12.3 Å². The van der Waals surface area contributed by atoms with E-state index in [1.54, 1.807) is 0 Å². The zero-order valence-electron chi connectivity index (χ0n) is 9.97. The summed E-state index contributed by atoms with van der Waals surface area (Å²) in [4.78, 5) is 11.5. The molecule has 0 aromatic carbocycles. The van der Waals surface area contributed by atoms with E-state index in [1.165, 1.54) is 18.1 Å². The van der Waals surface area contributed by atoms with Gasteiger partial charge in [0.05, 0.1) is 0 Å². The third kappa shape index (κ3) is 3.20. The van der Waals surface area contributed by atoms with Crippen molar-refractivity contribution in [2.45, 2.75) is 18.1 Å². The van der Waals surface area contributed by atoms with Crippen molar-refractivity contribution in [3.8, 4) is 0 Å². The first-order chi connectivity index (χ1) is 8.42. The first-order valence-electron chi connectivity index (χ1n) is 6.38. The summed E-state index contributed by atoms with van der Waals surface area (Å²) in [6, 6.07) is 2.05.